The summed E-state index contributed by atoms with van der Waals surface area (Å²) in [5.41, 5.74) is 1.15. The fourth-order valence-corrected chi connectivity index (χ4v) is 3.85. The first-order valence-corrected chi connectivity index (χ1v) is 8.23. The van der Waals surface area contributed by atoms with E-state index in [1.807, 2.05) is 38.2 Å². The highest BCUT2D eigenvalue weighted by molar-refractivity contribution is 8.01. The summed E-state index contributed by atoms with van der Waals surface area (Å²) in [6.07, 6.45) is 0. The molecule has 114 valence electrons. The number of rotatable bonds is 6. The highest BCUT2D eigenvalue weighted by Gasteiger charge is 2.17. The Labute approximate surface area is 133 Å². The van der Waals surface area contributed by atoms with E-state index in [-0.39, 0.29) is 6.04 Å². The molecule has 0 amide bonds. The van der Waals surface area contributed by atoms with E-state index in [0.717, 1.165) is 25.7 Å². The highest BCUT2D eigenvalue weighted by Crippen LogP contribution is 2.40. The molecule has 0 fully saturated rings. The average Bonchev–Trinajstić information content (AvgIpc) is 2.95. The van der Waals surface area contributed by atoms with Crippen LogP contribution in [0.5, 0.6) is 5.75 Å². The molecule has 0 radical (unpaired) electrons. The second kappa shape index (κ2) is 7.11. The summed E-state index contributed by atoms with van der Waals surface area (Å²) in [7, 11) is 7.58. The maximum absolute atomic E-state index is 5.50. The van der Waals surface area contributed by atoms with Crippen molar-refractivity contribution < 1.29 is 4.74 Å². The molecule has 1 atom stereocenters. The first kappa shape index (κ1) is 16.1. The van der Waals surface area contributed by atoms with Crippen LogP contribution in [0.2, 0.25) is 0 Å². The van der Waals surface area contributed by atoms with E-state index in [4.69, 9.17) is 4.74 Å². The lowest BCUT2D eigenvalue weighted by Crippen LogP contribution is -2.14. The molecule has 1 aromatic heterocycles. The molecule has 7 heteroatoms. The molecule has 1 aromatic carbocycles. The summed E-state index contributed by atoms with van der Waals surface area (Å²) in [5.74, 6) is 0.888. The van der Waals surface area contributed by atoms with Gasteiger partial charge in [-0.15, -0.1) is 10.2 Å². The number of aromatic nitrogens is 2. The van der Waals surface area contributed by atoms with Crippen LogP contribution in [0.25, 0.3) is 0 Å². The van der Waals surface area contributed by atoms with Crippen molar-refractivity contribution in [2.75, 3.05) is 33.2 Å². The van der Waals surface area contributed by atoms with Crippen LogP contribution >= 0.6 is 23.1 Å². The topological polar surface area (TPSA) is 50.3 Å². The van der Waals surface area contributed by atoms with Gasteiger partial charge in [-0.05, 0) is 26.1 Å². The van der Waals surface area contributed by atoms with Crippen LogP contribution in [0.15, 0.2) is 27.4 Å². The third kappa shape index (κ3) is 3.66. The molecule has 0 saturated heterocycles. The lowest BCUT2D eigenvalue weighted by Gasteiger charge is -2.18. The van der Waals surface area contributed by atoms with Crippen molar-refractivity contribution in [2.24, 2.45) is 0 Å². The molecular weight excluding hydrogens is 304 g/mol. The van der Waals surface area contributed by atoms with Crippen LogP contribution in [0.3, 0.4) is 0 Å². The lowest BCUT2D eigenvalue weighted by molar-refractivity contribution is 0.401. The Morgan fingerprint density at radius 3 is 2.67 bits per heavy atom. The van der Waals surface area contributed by atoms with E-state index in [9.17, 15) is 0 Å². The molecule has 21 heavy (non-hydrogen) atoms. The zero-order valence-corrected chi connectivity index (χ0v) is 14.5. The van der Waals surface area contributed by atoms with Crippen LogP contribution in [0.1, 0.15) is 18.5 Å². The maximum Gasteiger partial charge on any atom is 0.208 e. The predicted molar refractivity (Wildman–Crippen MR) is 88.8 cm³/mol. The Kier molecular flexibility index (Phi) is 5.44. The SMILES string of the molecule is CNC(C)c1c(OC)cccc1Sc1nnc(N(C)C)s1. The van der Waals surface area contributed by atoms with Gasteiger partial charge in [-0.2, -0.15) is 0 Å². The molecular formula is C14H20N4OS2. The normalized spacial score (nSPS) is 12.2. The van der Waals surface area contributed by atoms with Gasteiger partial charge in [-0.3, -0.25) is 0 Å². The molecule has 1 heterocycles. The minimum Gasteiger partial charge on any atom is -0.496 e. The summed E-state index contributed by atoms with van der Waals surface area (Å²) < 4.78 is 6.42. The monoisotopic (exact) mass is 324 g/mol. The molecule has 0 bridgehead atoms. The number of hydrogen-bond acceptors (Lipinski definition) is 7. The molecule has 0 saturated carbocycles. The third-order valence-corrected chi connectivity index (χ3v) is 5.31. The van der Waals surface area contributed by atoms with Gasteiger partial charge >= 0.3 is 0 Å². The summed E-state index contributed by atoms with van der Waals surface area (Å²) in [4.78, 5) is 3.10. The first-order valence-electron chi connectivity index (χ1n) is 6.59. The van der Waals surface area contributed by atoms with E-state index in [0.29, 0.717) is 0 Å². The first-order chi connectivity index (χ1) is 10.1. The van der Waals surface area contributed by atoms with Crippen molar-refractivity contribution in [3.8, 4) is 5.75 Å². The molecule has 0 aliphatic rings. The minimum absolute atomic E-state index is 0.199. The number of hydrogen-bond donors (Lipinski definition) is 1. The standard InChI is InChI=1S/C14H20N4OS2/c1-9(15-2)12-10(19-5)7-6-8-11(12)20-14-17-16-13(21-14)18(3)4/h6-9,15H,1-5H3. The van der Waals surface area contributed by atoms with Gasteiger partial charge in [0.15, 0.2) is 4.34 Å². The van der Waals surface area contributed by atoms with Gasteiger partial charge < -0.3 is 15.0 Å². The van der Waals surface area contributed by atoms with Crippen molar-refractivity contribution in [1.82, 2.24) is 15.5 Å². The van der Waals surface area contributed by atoms with Crippen LogP contribution < -0.4 is 15.0 Å². The van der Waals surface area contributed by atoms with Crippen LogP contribution in [0, 0.1) is 0 Å². The number of methoxy groups -OCH3 is 1. The quantitative estimate of drug-likeness (QED) is 0.881. The van der Waals surface area contributed by atoms with Crippen molar-refractivity contribution >= 4 is 28.2 Å². The predicted octanol–water partition coefficient (Wildman–Crippen LogP) is 3.04. The Morgan fingerprint density at radius 1 is 1.33 bits per heavy atom. The fraction of sp³-hybridized carbons (Fsp3) is 0.429. The summed E-state index contributed by atoms with van der Waals surface area (Å²) in [5, 5.41) is 12.6. The smallest absolute Gasteiger partial charge is 0.208 e. The number of benzene rings is 1. The molecule has 0 aliphatic carbocycles. The molecule has 0 spiro atoms. The van der Waals surface area contributed by atoms with E-state index >= 15 is 0 Å². The second-order valence-corrected chi connectivity index (χ2v) is 6.97. The summed E-state index contributed by atoms with van der Waals surface area (Å²) in [6.45, 7) is 2.12. The van der Waals surface area contributed by atoms with E-state index < -0.39 is 0 Å². The van der Waals surface area contributed by atoms with Gasteiger partial charge in [0, 0.05) is 30.6 Å². The van der Waals surface area contributed by atoms with Crippen molar-refractivity contribution in [3.63, 3.8) is 0 Å². The van der Waals surface area contributed by atoms with Crippen molar-refractivity contribution in [2.45, 2.75) is 22.2 Å². The molecule has 2 rings (SSSR count). The van der Waals surface area contributed by atoms with E-state index in [1.54, 1.807) is 30.2 Å². The fourth-order valence-electron chi connectivity index (χ4n) is 1.88. The third-order valence-electron chi connectivity index (χ3n) is 3.09. The average molecular weight is 324 g/mol. The number of nitrogens with zero attached hydrogens (tertiary/aromatic N) is 3. The highest BCUT2D eigenvalue weighted by atomic mass is 32.2. The van der Waals surface area contributed by atoms with Gasteiger partial charge in [0.05, 0.1) is 7.11 Å². The van der Waals surface area contributed by atoms with Gasteiger partial charge in [0.2, 0.25) is 5.13 Å². The Balaban J connectivity index is 2.34. The van der Waals surface area contributed by atoms with Gasteiger partial charge in [-0.25, -0.2) is 0 Å². The Hall–Kier alpha value is -1.31. The lowest BCUT2D eigenvalue weighted by atomic mass is 10.1. The van der Waals surface area contributed by atoms with Gasteiger partial charge in [-0.1, -0.05) is 29.2 Å². The zero-order chi connectivity index (χ0) is 15.4. The summed E-state index contributed by atoms with van der Waals surface area (Å²) >= 11 is 3.21. The van der Waals surface area contributed by atoms with Crippen molar-refractivity contribution in [3.05, 3.63) is 23.8 Å². The molecule has 2 aromatic rings. The van der Waals surface area contributed by atoms with Gasteiger partial charge in [0.1, 0.15) is 5.75 Å². The maximum atomic E-state index is 5.50. The van der Waals surface area contributed by atoms with Crippen LogP contribution in [-0.4, -0.2) is 38.5 Å². The molecule has 1 N–H and O–H groups in total. The Bertz CT molecular complexity index is 600. The minimum atomic E-state index is 0.199. The van der Waals surface area contributed by atoms with E-state index in [2.05, 4.69) is 28.5 Å². The van der Waals surface area contributed by atoms with Crippen LogP contribution in [-0.2, 0) is 0 Å². The van der Waals surface area contributed by atoms with Crippen LogP contribution in [0.4, 0.5) is 5.13 Å². The number of ether oxygens (including phenoxy) is 1. The molecule has 5 nitrogen and oxygen atoms in total. The second-order valence-electron chi connectivity index (χ2n) is 4.73. The molecule has 1 unspecified atom stereocenters. The zero-order valence-electron chi connectivity index (χ0n) is 12.9. The van der Waals surface area contributed by atoms with Crippen molar-refractivity contribution in [1.29, 1.82) is 0 Å². The molecule has 0 aliphatic heterocycles. The largest absolute Gasteiger partial charge is 0.496 e. The number of anilines is 1. The Morgan fingerprint density at radius 2 is 2.10 bits per heavy atom. The van der Waals surface area contributed by atoms with Gasteiger partial charge in [0.25, 0.3) is 0 Å². The summed E-state index contributed by atoms with van der Waals surface area (Å²) in [6, 6.07) is 6.27. The number of nitrogens with one attached hydrogen (secondary N) is 1. The van der Waals surface area contributed by atoms with E-state index in [1.165, 1.54) is 0 Å².